The number of carboxylic acids is 1. The minimum Gasteiger partial charge on any atom is -0.480 e. The number of nitrogens with zero attached hydrogens (tertiary/aromatic N) is 1. The van der Waals surface area contributed by atoms with Crippen molar-refractivity contribution in [1.82, 2.24) is 4.98 Å². The Morgan fingerprint density at radius 1 is 0.806 bits per heavy atom. The first kappa shape index (κ1) is 24.1. The first-order chi connectivity index (χ1) is 17.7. The van der Waals surface area contributed by atoms with E-state index in [-0.39, 0.29) is 0 Å². The van der Waals surface area contributed by atoms with Crippen molar-refractivity contribution in [3.05, 3.63) is 132 Å². The highest BCUT2D eigenvalue weighted by Gasteiger charge is 2.37. The SMILES string of the molecule is O=C(O)C(CCSC(c1ccccc1)(c1ccccc1)c1ccccc1)Nc1nc2ccccc2s1. The Kier molecular flexibility index (Phi) is 7.35. The summed E-state index contributed by atoms with van der Waals surface area (Å²) in [5.41, 5.74) is 4.37. The van der Waals surface area contributed by atoms with E-state index in [1.54, 1.807) is 11.8 Å². The lowest BCUT2D eigenvalue weighted by atomic mass is 9.84. The molecule has 4 aromatic carbocycles. The van der Waals surface area contributed by atoms with Gasteiger partial charge in [0.2, 0.25) is 0 Å². The van der Waals surface area contributed by atoms with E-state index in [4.69, 9.17) is 0 Å². The molecule has 0 aliphatic rings. The fourth-order valence-corrected chi connectivity index (χ4v) is 6.93. The number of hydrogen-bond acceptors (Lipinski definition) is 5. The van der Waals surface area contributed by atoms with Crippen molar-refractivity contribution >= 4 is 44.4 Å². The van der Waals surface area contributed by atoms with Crippen LogP contribution in [0.15, 0.2) is 115 Å². The van der Waals surface area contributed by atoms with Crippen LogP contribution in [0.4, 0.5) is 5.13 Å². The lowest BCUT2D eigenvalue weighted by Gasteiger charge is -2.35. The zero-order valence-electron chi connectivity index (χ0n) is 19.6. The van der Waals surface area contributed by atoms with Crippen molar-refractivity contribution in [2.75, 3.05) is 11.1 Å². The third-order valence-electron chi connectivity index (χ3n) is 6.16. The number of rotatable bonds is 10. The van der Waals surface area contributed by atoms with E-state index in [1.807, 2.05) is 42.5 Å². The fourth-order valence-electron chi connectivity index (χ4n) is 4.44. The van der Waals surface area contributed by atoms with Crippen LogP contribution in [0.25, 0.3) is 10.2 Å². The van der Waals surface area contributed by atoms with E-state index in [2.05, 4.69) is 83.1 Å². The quantitative estimate of drug-likeness (QED) is 0.193. The predicted molar refractivity (Wildman–Crippen MR) is 151 cm³/mol. The van der Waals surface area contributed by atoms with Crippen molar-refractivity contribution in [3.8, 4) is 0 Å². The van der Waals surface area contributed by atoms with Crippen LogP contribution in [-0.4, -0.2) is 27.9 Å². The number of para-hydroxylation sites is 1. The summed E-state index contributed by atoms with van der Waals surface area (Å²) in [6.45, 7) is 0. The molecular weight excluding hydrogens is 484 g/mol. The van der Waals surface area contributed by atoms with Crippen molar-refractivity contribution < 1.29 is 9.90 Å². The molecule has 0 aliphatic heterocycles. The number of fused-ring (bicyclic) bond motifs is 1. The molecule has 180 valence electrons. The Morgan fingerprint density at radius 2 is 1.31 bits per heavy atom. The zero-order chi connectivity index (χ0) is 24.8. The molecule has 5 rings (SSSR count). The first-order valence-electron chi connectivity index (χ1n) is 11.8. The molecule has 0 amide bonds. The molecule has 6 heteroatoms. The first-order valence-corrected chi connectivity index (χ1v) is 13.6. The standard InChI is InChI=1S/C30H26N2O2S2/c33-28(34)26(32-29-31-25-18-10-11-19-27(25)36-29)20-21-35-30(22-12-4-1-5-13-22,23-14-6-2-7-15-23)24-16-8-3-9-17-24/h1-19,26H,20-21H2,(H,31,32)(H,33,34). The van der Waals surface area contributed by atoms with Crippen LogP contribution < -0.4 is 5.32 Å². The third-order valence-corrected chi connectivity index (χ3v) is 8.70. The molecule has 4 nitrogen and oxygen atoms in total. The van der Waals surface area contributed by atoms with Gasteiger partial charge >= 0.3 is 5.97 Å². The van der Waals surface area contributed by atoms with Crippen LogP contribution in [0.2, 0.25) is 0 Å². The molecule has 1 atom stereocenters. The van der Waals surface area contributed by atoms with Crippen LogP contribution in [0.1, 0.15) is 23.1 Å². The summed E-state index contributed by atoms with van der Waals surface area (Å²) < 4.78 is 0.567. The van der Waals surface area contributed by atoms with E-state index in [9.17, 15) is 9.90 Å². The molecule has 1 aromatic heterocycles. The van der Waals surface area contributed by atoms with Gasteiger partial charge in [-0.05, 0) is 41.0 Å². The normalized spacial score (nSPS) is 12.3. The molecule has 36 heavy (non-hydrogen) atoms. The summed E-state index contributed by atoms with van der Waals surface area (Å²) in [5, 5.41) is 13.8. The molecule has 0 aliphatic carbocycles. The third kappa shape index (κ3) is 5.01. The molecule has 0 radical (unpaired) electrons. The van der Waals surface area contributed by atoms with Gasteiger partial charge in [0.15, 0.2) is 5.13 Å². The van der Waals surface area contributed by atoms with Gasteiger partial charge in [0.1, 0.15) is 6.04 Å². The molecule has 1 heterocycles. The number of hydrogen-bond donors (Lipinski definition) is 2. The average Bonchev–Trinajstić information content (AvgIpc) is 3.34. The van der Waals surface area contributed by atoms with Crippen molar-refractivity contribution in [2.24, 2.45) is 0 Å². The second-order valence-corrected chi connectivity index (χ2v) is 10.8. The summed E-state index contributed by atoms with van der Waals surface area (Å²) in [7, 11) is 0. The second-order valence-electron chi connectivity index (χ2n) is 8.44. The van der Waals surface area contributed by atoms with Gasteiger partial charge in [-0.2, -0.15) is 0 Å². The van der Waals surface area contributed by atoms with Gasteiger partial charge < -0.3 is 10.4 Å². The van der Waals surface area contributed by atoms with Crippen molar-refractivity contribution in [2.45, 2.75) is 17.2 Å². The lowest BCUT2D eigenvalue weighted by molar-refractivity contribution is -0.137. The minimum atomic E-state index is -0.875. The van der Waals surface area contributed by atoms with Gasteiger partial charge in [-0.15, -0.1) is 11.8 Å². The van der Waals surface area contributed by atoms with Crippen LogP contribution in [0.3, 0.4) is 0 Å². The number of anilines is 1. The van der Waals surface area contributed by atoms with E-state index >= 15 is 0 Å². The Labute approximate surface area is 219 Å². The van der Waals surface area contributed by atoms with Gasteiger partial charge in [-0.25, -0.2) is 9.78 Å². The summed E-state index contributed by atoms with van der Waals surface area (Å²) >= 11 is 3.25. The topological polar surface area (TPSA) is 62.2 Å². The Bertz CT molecular complexity index is 1290. The van der Waals surface area contributed by atoms with Gasteiger partial charge in [0.05, 0.1) is 15.0 Å². The molecular formula is C30H26N2O2S2. The van der Waals surface area contributed by atoms with E-state index < -0.39 is 16.8 Å². The summed E-state index contributed by atoms with van der Waals surface area (Å²) in [4.78, 5) is 16.8. The number of aromatic nitrogens is 1. The monoisotopic (exact) mass is 510 g/mol. The molecule has 2 N–H and O–H groups in total. The number of carbonyl (C=O) groups is 1. The van der Waals surface area contributed by atoms with Gasteiger partial charge in [0, 0.05) is 0 Å². The molecule has 0 spiro atoms. The van der Waals surface area contributed by atoms with Gasteiger partial charge in [-0.1, -0.05) is 114 Å². The molecule has 0 bridgehead atoms. The maximum atomic E-state index is 12.2. The molecule has 5 aromatic rings. The van der Waals surface area contributed by atoms with Crippen LogP contribution in [-0.2, 0) is 9.54 Å². The second kappa shape index (κ2) is 11.0. The highest BCUT2D eigenvalue weighted by molar-refractivity contribution is 8.00. The zero-order valence-corrected chi connectivity index (χ0v) is 21.2. The van der Waals surface area contributed by atoms with E-state index in [1.165, 1.54) is 28.0 Å². The number of carboxylic acid groups (broad SMARTS) is 1. The van der Waals surface area contributed by atoms with Crippen molar-refractivity contribution in [1.29, 1.82) is 0 Å². The molecule has 0 saturated carbocycles. The number of thiazole rings is 1. The summed E-state index contributed by atoms with van der Waals surface area (Å²) in [6, 6.07) is 38.5. The maximum Gasteiger partial charge on any atom is 0.326 e. The fraction of sp³-hybridized carbons (Fsp3) is 0.133. The van der Waals surface area contributed by atoms with Crippen LogP contribution >= 0.6 is 23.1 Å². The summed E-state index contributed by atoms with van der Waals surface area (Å²) in [5.74, 6) is -0.243. The summed E-state index contributed by atoms with van der Waals surface area (Å²) in [6.07, 6.45) is 0.449. The number of aliphatic carboxylic acids is 1. The highest BCUT2D eigenvalue weighted by atomic mass is 32.2. The van der Waals surface area contributed by atoms with Gasteiger partial charge in [0.25, 0.3) is 0 Å². The molecule has 0 saturated heterocycles. The minimum absolute atomic E-state index is 0.449. The average molecular weight is 511 g/mol. The predicted octanol–water partition coefficient (Wildman–Crippen LogP) is 7.28. The largest absolute Gasteiger partial charge is 0.480 e. The van der Waals surface area contributed by atoms with E-state index in [0.29, 0.717) is 17.3 Å². The van der Waals surface area contributed by atoms with Crippen LogP contribution in [0.5, 0.6) is 0 Å². The smallest absolute Gasteiger partial charge is 0.326 e. The highest BCUT2D eigenvalue weighted by Crippen LogP contribution is 2.48. The Hall–Kier alpha value is -3.61. The number of nitrogens with one attached hydrogen (secondary N) is 1. The van der Waals surface area contributed by atoms with E-state index in [0.717, 1.165) is 10.2 Å². The molecule has 1 unspecified atom stereocenters. The Balaban J connectivity index is 1.45. The number of thioether (sulfide) groups is 1. The van der Waals surface area contributed by atoms with Crippen molar-refractivity contribution in [3.63, 3.8) is 0 Å². The maximum absolute atomic E-state index is 12.2. The van der Waals surface area contributed by atoms with Crippen LogP contribution in [0, 0.1) is 0 Å². The Morgan fingerprint density at radius 3 is 1.81 bits per heavy atom. The van der Waals surface area contributed by atoms with Gasteiger partial charge in [-0.3, -0.25) is 0 Å². The molecule has 0 fully saturated rings. The number of benzene rings is 4. The lowest BCUT2D eigenvalue weighted by Crippen LogP contribution is -2.31.